The lowest BCUT2D eigenvalue weighted by Gasteiger charge is -2.16. The second-order valence-corrected chi connectivity index (χ2v) is 7.11. The van der Waals surface area contributed by atoms with Gasteiger partial charge in [-0.25, -0.2) is 4.39 Å². The molecule has 6 heteroatoms. The van der Waals surface area contributed by atoms with E-state index in [0.29, 0.717) is 18.8 Å². The monoisotopic (exact) mass is 379 g/mol. The molecule has 0 spiro atoms. The van der Waals surface area contributed by atoms with Crippen molar-refractivity contribution in [1.82, 2.24) is 10.1 Å². The molecular formula is C22H22FN3O2. The van der Waals surface area contributed by atoms with Crippen LogP contribution in [0.25, 0.3) is 11.5 Å². The molecule has 0 N–H and O–H groups in total. The zero-order valence-electron chi connectivity index (χ0n) is 15.8. The lowest BCUT2D eigenvalue weighted by atomic mass is 10.1. The zero-order valence-corrected chi connectivity index (χ0v) is 15.8. The van der Waals surface area contributed by atoms with Crippen molar-refractivity contribution in [1.29, 1.82) is 0 Å². The highest BCUT2D eigenvalue weighted by atomic mass is 19.1. The molecule has 1 aliphatic heterocycles. The number of unbranched alkanes of at least 4 members (excludes halogenated alkanes) is 1. The van der Waals surface area contributed by atoms with E-state index in [1.165, 1.54) is 11.6 Å². The number of carbonyl (C=O) groups excluding carboxylic acids is 1. The Kier molecular flexibility index (Phi) is 5.19. The molecule has 2 aromatic carbocycles. The number of benzene rings is 2. The lowest BCUT2D eigenvalue weighted by molar-refractivity contribution is -0.117. The molecule has 2 heterocycles. The van der Waals surface area contributed by atoms with Crippen LogP contribution in [-0.4, -0.2) is 22.6 Å². The number of carbonyl (C=O) groups is 1. The first-order valence-corrected chi connectivity index (χ1v) is 9.63. The second-order valence-electron chi connectivity index (χ2n) is 7.11. The van der Waals surface area contributed by atoms with Gasteiger partial charge in [-0.1, -0.05) is 42.8 Å². The summed E-state index contributed by atoms with van der Waals surface area (Å²) in [5.41, 5.74) is 2.43. The zero-order chi connectivity index (χ0) is 19.5. The number of halogens is 1. The van der Waals surface area contributed by atoms with Crippen molar-refractivity contribution in [2.75, 3.05) is 11.4 Å². The summed E-state index contributed by atoms with van der Waals surface area (Å²) in [5, 5.41) is 3.99. The van der Waals surface area contributed by atoms with Crippen LogP contribution < -0.4 is 4.90 Å². The molecule has 144 valence electrons. The van der Waals surface area contributed by atoms with Crippen LogP contribution in [0.15, 0.2) is 53.1 Å². The van der Waals surface area contributed by atoms with E-state index in [4.69, 9.17) is 4.52 Å². The van der Waals surface area contributed by atoms with Crippen molar-refractivity contribution in [3.63, 3.8) is 0 Å². The van der Waals surface area contributed by atoms with Crippen molar-refractivity contribution in [2.45, 2.75) is 38.5 Å². The molecular weight excluding hydrogens is 357 g/mol. The quantitative estimate of drug-likeness (QED) is 0.621. The van der Waals surface area contributed by atoms with Gasteiger partial charge in [0.2, 0.25) is 5.91 Å². The summed E-state index contributed by atoms with van der Waals surface area (Å²) in [5.74, 6) is 0.0259. The smallest absolute Gasteiger partial charge is 0.260 e. The summed E-state index contributed by atoms with van der Waals surface area (Å²) in [7, 11) is 0. The molecule has 4 rings (SSSR count). The lowest BCUT2D eigenvalue weighted by Crippen LogP contribution is -2.24. The van der Waals surface area contributed by atoms with E-state index < -0.39 is 5.82 Å². The van der Waals surface area contributed by atoms with Crippen LogP contribution in [0.4, 0.5) is 10.1 Å². The number of anilines is 1. The number of aromatic nitrogens is 2. The van der Waals surface area contributed by atoms with Gasteiger partial charge >= 0.3 is 0 Å². The predicted molar refractivity (Wildman–Crippen MR) is 104 cm³/mol. The highest BCUT2D eigenvalue weighted by Crippen LogP contribution is 2.32. The number of aryl methyl sites for hydroxylation is 1. The first-order valence-electron chi connectivity index (χ1n) is 9.63. The van der Waals surface area contributed by atoms with E-state index in [0.717, 1.165) is 24.9 Å². The summed E-state index contributed by atoms with van der Waals surface area (Å²) >= 11 is 0. The molecule has 0 bridgehead atoms. The Labute approximate surface area is 163 Å². The SMILES string of the molecule is CCCCc1ccc(N2CC(c3noc(-c4ccccc4F)n3)CC2=O)cc1. The van der Waals surface area contributed by atoms with Gasteiger partial charge in [-0.15, -0.1) is 0 Å². The van der Waals surface area contributed by atoms with Crippen LogP contribution in [-0.2, 0) is 11.2 Å². The molecule has 1 atom stereocenters. The van der Waals surface area contributed by atoms with Crippen LogP contribution in [0.3, 0.4) is 0 Å². The Morgan fingerprint density at radius 3 is 2.71 bits per heavy atom. The number of rotatable bonds is 6. The van der Waals surface area contributed by atoms with Gasteiger partial charge in [0.1, 0.15) is 5.82 Å². The Balaban J connectivity index is 1.49. The molecule has 1 unspecified atom stereocenters. The number of amides is 1. The normalized spacial score (nSPS) is 16.7. The fraction of sp³-hybridized carbons (Fsp3) is 0.318. The molecule has 1 aromatic heterocycles. The summed E-state index contributed by atoms with van der Waals surface area (Å²) in [6.45, 7) is 2.66. The Hall–Kier alpha value is -3.02. The Bertz CT molecular complexity index is 968. The van der Waals surface area contributed by atoms with E-state index in [2.05, 4.69) is 29.2 Å². The maximum Gasteiger partial charge on any atom is 0.260 e. The molecule has 1 amide bonds. The van der Waals surface area contributed by atoms with E-state index in [-0.39, 0.29) is 23.3 Å². The van der Waals surface area contributed by atoms with Crippen molar-refractivity contribution < 1.29 is 13.7 Å². The van der Waals surface area contributed by atoms with Gasteiger partial charge < -0.3 is 9.42 Å². The average molecular weight is 379 g/mol. The molecule has 3 aromatic rings. The fourth-order valence-electron chi connectivity index (χ4n) is 3.50. The third-order valence-corrected chi connectivity index (χ3v) is 5.10. The Morgan fingerprint density at radius 2 is 1.96 bits per heavy atom. The average Bonchev–Trinajstić information content (AvgIpc) is 3.34. The topological polar surface area (TPSA) is 59.2 Å². The van der Waals surface area contributed by atoms with E-state index in [1.807, 2.05) is 12.1 Å². The molecule has 1 aliphatic rings. The molecule has 0 saturated carbocycles. The van der Waals surface area contributed by atoms with Gasteiger partial charge in [-0.3, -0.25) is 4.79 Å². The van der Waals surface area contributed by atoms with Crippen molar-refractivity contribution in [3.05, 3.63) is 65.7 Å². The third-order valence-electron chi connectivity index (χ3n) is 5.10. The molecule has 5 nitrogen and oxygen atoms in total. The van der Waals surface area contributed by atoms with Crippen LogP contribution in [0.1, 0.15) is 43.5 Å². The molecule has 0 radical (unpaired) electrons. The third kappa shape index (κ3) is 3.67. The first-order chi connectivity index (χ1) is 13.7. The van der Waals surface area contributed by atoms with Crippen LogP contribution in [0, 0.1) is 5.82 Å². The van der Waals surface area contributed by atoms with E-state index in [9.17, 15) is 9.18 Å². The summed E-state index contributed by atoms with van der Waals surface area (Å²) in [6, 6.07) is 14.4. The van der Waals surface area contributed by atoms with Gasteiger partial charge in [0.05, 0.1) is 5.56 Å². The Morgan fingerprint density at radius 1 is 1.18 bits per heavy atom. The van der Waals surface area contributed by atoms with Crippen molar-refractivity contribution in [2.24, 2.45) is 0 Å². The molecule has 1 fully saturated rings. The van der Waals surface area contributed by atoms with Crippen molar-refractivity contribution in [3.8, 4) is 11.5 Å². The minimum Gasteiger partial charge on any atom is -0.334 e. The van der Waals surface area contributed by atoms with Crippen molar-refractivity contribution >= 4 is 11.6 Å². The number of nitrogens with zero attached hydrogens (tertiary/aromatic N) is 3. The number of hydrogen-bond acceptors (Lipinski definition) is 4. The minimum atomic E-state index is -0.412. The van der Waals surface area contributed by atoms with E-state index >= 15 is 0 Å². The summed E-state index contributed by atoms with van der Waals surface area (Å²) in [6.07, 6.45) is 3.68. The van der Waals surface area contributed by atoms with E-state index in [1.54, 1.807) is 23.1 Å². The maximum atomic E-state index is 13.9. The maximum absolute atomic E-state index is 13.9. The van der Waals surface area contributed by atoms with Crippen LogP contribution in [0.2, 0.25) is 0 Å². The molecule has 1 saturated heterocycles. The number of hydrogen-bond donors (Lipinski definition) is 0. The fourth-order valence-corrected chi connectivity index (χ4v) is 3.50. The first kappa shape index (κ1) is 18.3. The minimum absolute atomic E-state index is 0.0311. The predicted octanol–water partition coefficient (Wildman–Crippen LogP) is 4.74. The van der Waals surface area contributed by atoms with Crippen LogP contribution in [0.5, 0.6) is 0 Å². The standard InChI is InChI=1S/C22H22FN3O2/c1-2-3-6-15-9-11-17(12-10-15)26-14-16(13-20(26)27)21-24-22(28-25-21)18-7-4-5-8-19(18)23/h4-5,7-12,16H,2-3,6,13-14H2,1H3. The van der Waals surface area contributed by atoms with Gasteiger partial charge in [0.25, 0.3) is 5.89 Å². The molecule has 28 heavy (non-hydrogen) atoms. The summed E-state index contributed by atoms with van der Waals surface area (Å²) < 4.78 is 19.2. The van der Waals surface area contributed by atoms with Crippen LogP contribution >= 0.6 is 0 Å². The molecule has 0 aliphatic carbocycles. The summed E-state index contributed by atoms with van der Waals surface area (Å²) in [4.78, 5) is 18.6. The van der Waals surface area contributed by atoms with Gasteiger partial charge in [-0.05, 0) is 42.7 Å². The highest BCUT2D eigenvalue weighted by Gasteiger charge is 2.34. The highest BCUT2D eigenvalue weighted by molar-refractivity contribution is 5.96. The van der Waals surface area contributed by atoms with Gasteiger partial charge in [-0.2, -0.15) is 4.98 Å². The van der Waals surface area contributed by atoms with Gasteiger partial charge in [0, 0.05) is 24.6 Å². The largest absolute Gasteiger partial charge is 0.334 e. The van der Waals surface area contributed by atoms with Gasteiger partial charge in [0.15, 0.2) is 5.82 Å². The second kappa shape index (κ2) is 7.92.